The molecule has 7 heteroatoms. The van der Waals surface area contributed by atoms with Gasteiger partial charge in [0.1, 0.15) is 19.7 Å². The van der Waals surface area contributed by atoms with Crippen LogP contribution in [0.2, 0.25) is 19.6 Å². The maximum Gasteiger partial charge on any atom is 0.408 e. The number of amides is 1. The molecule has 0 fully saturated rings. The lowest BCUT2D eigenvalue weighted by molar-refractivity contribution is -0.143. The van der Waals surface area contributed by atoms with E-state index in [4.69, 9.17) is 9.47 Å². The van der Waals surface area contributed by atoms with Gasteiger partial charge in [-0.3, -0.25) is 0 Å². The first-order valence-corrected chi connectivity index (χ1v) is 12.5. The molecule has 1 heterocycles. The lowest BCUT2D eigenvalue weighted by atomic mass is 10.1. The van der Waals surface area contributed by atoms with E-state index in [0.29, 0.717) is 6.42 Å². The Bertz CT molecular complexity index is 674. The highest BCUT2D eigenvalue weighted by molar-refractivity contribution is 7.08. The van der Waals surface area contributed by atoms with Gasteiger partial charge in [-0.05, 0) is 31.7 Å². The Balaban J connectivity index is 2.93. The highest BCUT2D eigenvalue weighted by Crippen LogP contribution is 2.17. The van der Waals surface area contributed by atoms with E-state index < -0.39 is 31.8 Å². The maximum absolute atomic E-state index is 12.0. The molecule has 0 aliphatic carbocycles. The Hall–Kier alpha value is -1.78. The molecule has 1 unspecified atom stereocenters. The van der Waals surface area contributed by atoms with Gasteiger partial charge in [-0.25, -0.2) is 9.59 Å². The van der Waals surface area contributed by atoms with Crippen molar-refractivity contribution in [2.24, 2.45) is 0 Å². The van der Waals surface area contributed by atoms with Crippen LogP contribution in [0, 0.1) is 11.5 Å². The lowest BCUT2D eigenvalue weighted by Gasteiger charge is -2.22. The van der Waals surface area contributed by atoms with Crippen LogP contribution in [0.1, 0.15) is 31.9 Å². The second-order valence-corrected chi connectivity index (χ2v) is 13.2. The van der Waals surface area contributed by atoms with E-state index in [1.807, 2.05) is 10.8 Å². The average Bonchev–Trinajstić information content (AvgIpc) is 2.88. The molecule has 0 bridgehead atoms. The monoisotopic (exact) mass is 381 g/mol. The minimum absolute atomic E-state index is 0.311. The van der Waals surface area contributed by atoms with Crippen molar-refractivity contribution < 1.29 is 19.1 Å². The van der Waals surface area contributed by atoms with Gasteiger partial charge in [0.05, 0.1) is 7.11 Å². The fourth-order valence-electron chi connectivity index (χ4n) is 1.85. The molecule has 1 N–H and O–H groups in total. The molecular formula is C18H27NO4SSi. The topological polar surface area (TPSA) is 64.6 Å². The van der Waals surface area contributed by atoms with Crippen LogP contribution in [0.25, 0.3) is 0 Å². The first-order chi connectivity index (χ1) is 11.4. The molecule has 1 aromatic heterocycles. The van der Waals surface area contributed by atoms with Gasteiger partial charge in [-0.15, -0.1) is 5.54 Å². The van der Waals surface area contributed by atoms with E-state index in [0.717, 1.165) is 11.1 Å². The summed E-state index contributed by atoms with van der Waals surface area (Å²) in [5, 5.41) is 6.50. The van der Waals surface area contributed by atoms with Crippen LogP contribution < -0.4 is 5.32 Å². The molecule has 25 heavy (non-hydrogen) atoms. The smallest absolute Gasteiger partial charge is 0.408 e. The summed E-state index contributed by atoms with van der Waals surface area (Å²) in [5.74, 6) is 2.70. The van der Waals surface area contributed by atoms with E-state index in [2.05, 4.69) is 36.4 Å². The van der Waals surface area contributed by atoms with E-state index in [9.17, 15) is 9.59 Å². The predicted molar refractivity (Wildman–Crippen MR) is 103 cm³/mol. The molecule has 0 saturated carbocycles. The van der Waals surface area contributed by atoms with Crippen molar-refractivity contribution in [3.05, 3.63) is 21.9 Å². The van der Waals surface area contributed by atoms with Gasteiger partial charge in [-0.2, -0.15) is 11.3 Å². The van der Waals surface area contributed by atoms with Crippen molar-refractivity contribution in [3.63, 3.8) is 0 Å². The number of rotatable bonds is 4. The number of carbonyl (C=O) groups is 2. The van der Waals surface area contributed by atoms with Gasteiger partial charge in [0.2, 0.25) is 0 Å². The Morgan fingerprint density at radius 1 is 1.28 bits per heavy atom. The fourth-order valence-corrected chi connectivity index (χ4v) is 3.16. The van der Waals surface area contributed by atoms with Crippen molar-refractivity contribution >= 4 is 31.5 Å². The molecule has 0 saturated heterocycles. The van der Waals surface area contributed by atoms with E-state index in [1.54, 1.807) is 20.8 Å². The number of esters is 1. The molecule has 0 aromatic carbocycles. The summed E-state index contributed by atoms with van der Waals surface area (Å²) in [6.45, 7) is 11.8. The zero-order valence-corrected chi connectivity index (χ0v) is 17.8. The van der Waals surface area contributed by atoms with Crippen LogP contribution in [0.3, 0.4) is 0 Å². The van der Waals surface area contributed by atoms with Crippen LogP contribution in [-0.4, -0.2) is 38.9 Å². The molecule has 1 amide bonds. The SMILES string of the molecule is COC(=O)C(Cc1cscc1C#C[Si](C)(C)C)NC(=O)OC(C)(C)C. The Morgan fingerprint density at radius 3 is 2.44 bits per heavy atom. The van der Waals surface area contributed by atoms with Crippen molar-refractivity contribution in [1.29, 1.82) is 0 Å². The molecule has 138 valence electrons. The highest BCUT2D eigenvalue weighted by Gasteiger charge is 2.26. The number of thiophene rings is 1. The minimum Gasteiger partial charge on any atom is -0.467 e. The van der Waals surface area contributed by atoms with E-state index in [-0.39, 0.29) is 0 Å². The molecule has 0 aliphatic rings. The van der Waals surface area contributed by atoms with Crippen molar-refractivity contribution in [3.8, 4) is 11.5 Å². The molecule has 0 radical (unpaired) electrons. The van der Waals surface area contributed by atoms with E-state index in [1.165, 1.54) is 18.4 Å². The number of methoxy groups -OCH3 is 1. The van der Waals surface area contributed by atoms with Gasteiger partial charge >= 0.3 is 12.1 Å². The van der Waals surface area contributed by atoms with Gasteiger partial charge < -0.3 is 14.8 Å². The van der Waals surface area contributed by atoms with Gasteiger partial charge in [-0.1, -0.05) is 25.6 Å². The summed E-state index contributed by atoms with van der Waals surface area (Å²) in [7, 11) is -0.199. The Labute approximate surface area is 155 Å². The summed E-state index contributed by atoms with van der Waals surface area (Å²) >= 11 is 1.52. The minimum atomic E-state index is -1.50. The summed E-state index contributed by atoms with van der Waals surface area (Å²) in [6.07, 6.45) is -0.335. The largest absolute Gasteiger partial charge is 0.467 e. The number of ether oxygens (including phenoxy) is 2. The third-order valence-electron chi connectivity index (χ3n) is 2.92. The average molecular weight is 382 g/mol. The van der Waals surface area contributed by atoms with Crippen molar-refractivity contribution in [1.82, 2.24) is 5.32 Å². The molecular weight excluding hydrogens is 354 g/mol. The standard InChI is InChI=1S/C18H27NO4SSi/c1-18(2,3)23-17(21)19-15(16(20)22-4)10-14-12-24-11-13(14)8-9-25(5,6)7/h11-12,15H,10H2,1-7H3,(H,19,21). The summed E-state index contributed by atoms with van der Waals surface area (Å²) in [6, 6.07) is -0.818. The fraction of sp³-hybridized carbons (Fsp3) is 0.556. The number of alkyl carbamates (subject to hydrolysis) is 1. The summed E-state index contributed by atoms with van der Waals surface area (Å²) in [4.78, 5) is 24.0. The van der Waals surface area contributed by atoms with E-state index >= 15 is 0 Å². The van der Waals surface area contributed by atoms with Crippen LogP contribution in [0.15, 0.2) is 10.8 Å². The van der Waals surface area contributed by atoms with Gasteiger partial charge in [0, 0.05) is 17.4 Å². The Kier molecular flexibility index (Phi) is 7.26. The van der Waals surface area contributed by atoms with Crippen LogP contribution in [0.5, 0.6) is 0 Å². The summed E-state index contributed by atoms with van der Waals surface area (Å²) in [5.41, 5.74) is 4.50. The first-order valence-electron chi connectivity index (χ1n) is 8.07. The number of carbonyl (C=O) groups excluding carboxylic acids is 2. The van der Waals surface area contributed by atoms with Gasteiger partial charge in [0.15, 0.2) is 0 Å². The van der Waals surface area contributed by atoms with Crippen molar-refractivity contribution in [2.75, 3.05) is 7.11 Å². The second kappa shape index (κ2) is 8.54. The van der Waals surface area contributed by atoms with Crippen LogP contribution in [0.4, 0.5) is 4.79 Å². The van der Waals surface area contributed by atoms with Crippen LogP contribution in [-0.2, 0) is 20.7 Å². The number of nitrogens with one attached hydrogen (secondary N) is 1. The zero-order valence-electron chi connectivity index (χ0n) is 16.0. The molecule has 1 atom stereocenters. The maximum atomic E-state index is 12.0. The molecule has 5 nitrogen and oxygen atoms in total. The summed E-state index contributed by atoms with van der Waals surface area (Å²) < 4.78 is 10.0. The number of hydrogen-bond donors (Lipinski definition) is 1. The first kappa shape index (κ1) is 21.3. The van der Waals surface area contributed by atoms with Crippen LogP contribution >= 0.6 is 11.3 Å². The van der Waals surface area contributed by atoms with Gasteiger partial charge in [0.25, 0.3) is 0 Å². The quantitative estimate of drug-likeness (QED) is 0.492. The third-order valence-corrected chi connectivity index (χ3v) is 4.58. The third kappa shape index (κ3) is 8.23. The molecule has 1 aromatic rings. The van der Waals surface area contributed by atoms with Crippen molar-refractivity contribution in [2.45, 2.75) is 58.5 Å². The number of hydrogen-bond acceptors (Lipinski definition) is 5. The molecule has 1 rings (SSSR count). The lowest BCUT2D eigenvalue weighted by Crippen LogP contribution is -2.45. The zero-order chi connectivity index (χ0) is 19.3. The Morgan fingerprint density at radius 2 is 1.92 bits per heavy atom. The molecule has 0 aliphatic heterocycles. The highest BCUT2D eigenvalue weighted by atomic mass is 32.1. The predicted octanol–water partition coefficient (Wildman–Crippen LogP) is 3.59. The molecule has 0 spiro atoms. The normalized spacial score (nSPS) is 12.6. The second-order valence-electron chi connectivity index (χ2n) is 7.74.